The van der Waals surface area contributed by atoms with Gasteiger partial charge in [-0.25, -0.2) is 4.98 Å². The number of methoxy groups -OCH3 is 1. The highest BCUT2D eigenvalue weighted by Crippen LogP contribution is 2.25. The molecule has 2 aromatic rings. The summed E-state index contributed by atoms with van der Waals surface area (Å²) in [4.78, 5) is 16.4. The van der Waals surface area contributed by atoms with Crippen molar-refractivity contribution in [2.24, 2.45) is 0 Å². The molecule has 0 atom stereocenters. The Hall–Kier alpha value is -1.88. The second kappa shape index (κ2) is 5.63. The van der Waals surface area contributed by atoms with Crippen LogP contribution in [0.5, 0.6) is 5.75 Å². The SMILES string of the molecule is COc1ccc(-c2nc(C(=O)NC(C)(C)C)cs2)cc1. The number of benzene rings is 1. The van der Waals surface area contributed by atoms with Crippen molar-refractivity contribution in [3.05, 3.63) is 35.3 Å². The minimum absolute atomic E-state index is 0.145. The number of carbonyl (C=O) groups excluding carboxylic acids is 1. The Morgan fingerprint density at radius 3 is 2.45 bits per heavy atom. The molecule has 20 heavy (non-hydrogen) atoms. The lowest BCUT2D eigenvalue weighted by Gasteiger charge is -2.19. The quantitative estimate of drug-likeness (QED) is 0.943. The maximum atomic E-state index is 12.0. The van der Waals surface area contributed by atoms with Gasteiger partial charge in [-0.05, 0) is 45.0 Å². The van der Waals surface area contributed by atoms with Crippen molar-refractivity contribution in [2.45, 2.75) is 26.3 Å². The molecule has 0 radical (unpaired) electrons. The van der Waals surface area contributed by atoms with E-state index in [1.165, 1.54) is 11.3 Å². The van der Waals surface area contributed by atoms with Crippen molar-refractivity contribution in [1.82, 2.24) is 10.3 Å². The normalized spacial score (nSPS) is 11.2. The Labute approximate surface area is 122 Å². The van der Waals surface area contributed by atoms with E-state index in [9.17, 15) is 4.79 Å². The summed E-state index contributed by atoms with van der Waals surface area (Å²) >= 11 is 1.46. The number of ether oxygens (including phenoxy) is 1. The third-order valence-electron chi connectivity index (χ3n) is 2.56. The molecular formula is C15H18N2O2S. The van der Waals surface area contributed by atoms with E-state index in [0.717, 1.165) is 16.3 Å². The molecule has 0 saturated heterocycles. The molecule has 0 bridgehead atoms. The number of thiazole rings is 1. The summed E-state index contributed by atoms with van der Waals surface area (Å²) in [6.45, 7) is 5.84. The van der Waals surface area contributed by atoms with Crippen LogP contribution in [0.4, 0.5) is 0 Å². The monoisotopic (exact) mass is 290 g/mol. The van der Waals surface area contributed by atoms with Gasteiger partial charge in [-0.1, -0.05) is 0 Å². The Morgan fingerprint density at radius 2 is 1.90 bits per heavy atom. The van der Waals surface area contributed by atoms with Crippen molar-refractivity contribution in [1.29, 1.82) is 0 Å². The summed E-state index contributed by atoms with van der Waals surface area (Å²) in [7, 11) is 1.63. The highest BCUT2D eigenvalue weighted by molar-refractivity contribution is 7.13. The standard InChI is InChI=1S/C15H18N2O2S/c1-15(2,3)17-13(18)12-9-20-14(16-12)10-5-7-11(19-4)8-6-10/h5-9H,1-4H3,(H,17,18). The predicted octanol–water partition coefficient (Wildman–Crippen LogP) is 3.35. The van der Waals surface area contributed by atoms with Gasteiger partial charge in [0.2, 0.25) is 0 Å². The summed E-state index contributed by atoms with van der Waals surface area (Å²) in [6.07, 6.45) is 0. The molecule has 0 saturated carbocycles. The van der Waals surface area contributed by atoms with Crippen LogP contribution in [0.15, 0.2) is 29.6 Å². The van der Waals surface area contributed by atoms with Crippen molar-refractivity contribution in [3.8, 4) is 16.3 Å². The second-order valence-corrected chi connectivity index (χ2v) is 6.33. The maximum Gasteiger partial charge on any atom is 0.271 e. The zero-order valence-corrected chi connectivity index (χ0v) is 12.9. The minimum Gasteiger partial charge on any atom is -0.497 e. The molecule has 1 amide bonds. The number of rotatable bonds is 3. The number of amides is 1. The molecule has 0 aliphatic carbocycles. The van der Waals surface area contributed by atoms with Crippen LogP contribution in [-0.2, 0) is 0 Å². The number of hydrogen-bond acceptors (Lipinski definition) is 4. The summed E-state index contributed by atoms with van der Waals surface area (Å²) < 4.78 is 5.12. The van der Waals surface area contributed by atoms with Gasteiger partial charge in [0.25, 0.3) is 5.91 Å². The molecular weight excluding hydrogens is 272 g/mol. The Balaban J connectivity index is 2.17. The first-order chi connectivity index (χ1) is 9.39. The van der Waals surface area contributed by atoms with E-state index in [-0.39, 0.29) is 11.4 Å². The van der Waals surface area contributed by atoms with Crippen molar-refractivity contribution in [3.63, 3.8) is 0 Å². The summed E-state index contributed by atoms with van der Waals surface area (Å²) in [5, 5.41) is 5.51. The average Bonchev–Trinajstić information content (AvgIpc) is 2.86. The zero-order chi connectivity index (χ0) is 14.8. The number of nitrogens with zero attached hydrogens (tertiary/aromatic N) is 1. The van der Waals surface area contributed by atoms with Gasteiger partial charge in [0.05, 0.1) is 7.11 Å². The molecule has 2 rings (SSSR count). The summed E-state index contributed by atoms with van der Waals surface area (Å²) in [5.41, 5.74) is 1.17. The highest BCUT2D eigenvalue weighted by Gasteiger charge is 2.18. The van der Waals surface area contributed by atoms with Gasteiger partial charge in [0, 0.05) is 16.5 Å². The van der Waals surface area contributed by atoms with E-state index in [2.05, 4.69) is 10.3 Å². The summed E-state index contributed by atoms with van der Waals surface area (Å²) in [5.74, 6) is 0.657. The van der Waals surface area contributed by atoms with Gasteiger partial charge >= 0.3 is 0 Å². The third-order valence-corrected chi connectivity index (χ3v) is 3.45. The van der Waals surface area contributed by atoms with Gasteiger partial charge in [-0.15, -0.1) is 11.3 Å². The first-order valence-electron chi connectivity index (χ1n) is 6.31. The topological polar surface area (TPSA) is 51.2 Å². The maximum absolute atomic E-state index is 12.0. The number of nitrogens with one attached hydrogen (secondary N) is 1. The molecule has 0 aliphatic rings. The molecule has 4 nitrogen and oxygen atoms in total. The fraction of sp³-hybridized carbons (Fsp3) is 0.333. The number of carbonyl (C=O) groups is 1. The van der Waals surface area contributed by atoms with Crippen LogP contribution >= 0.6 is 11.3 Å². The van der Waals surface area contributed by atoms with Crippen molar-refractivity contribution >= 4 is 17.2 Å². The first kappa shape index (κ1) is 14.5. The van der Waals surface area contributed by atoms with E-state index in [1.807, 2.05) is 45.0 Å². The lowest BCUT2D eigenvalue weighted by molar-refractivity contribution is 0.0915. The van der Waals surface area contributed by atoms with Crippen LogP contribution in [0.2, 0.25) is 0 Å². The van der Waals surface area contributed by atoms with Gasteiger partial charge in [0.1, 0.15) is 16.5 Å². The van der Waals surface area contributed by atoms with Gasteiger partial charge in [-0.2, -0.15) is 0 Å². The van der Waals surface area contributed by atoms with Gasteiger partial charge < -0.3 is 10.1 Å². The smallest absolute Gasteiger partial charge is 0.271 e. The molecule has 0 fully saturated rings. The highest BCUT2D eigenvalue weighted by atomic mass is 32.1. The number of hydrogen-bond donors (Lipinski definition) is 1. The molecule has 1 aromatic carbocycles. The Morgan fingerprint density at radius 1 is 1.25 bits per heavy atom. The second-order valence-electron chi connectivity index (χ2n) is 5.47. The van der Waals surface area contributed by atoms with Crippen molar-refractivity contribution < 1.29 is 9.53 Å². The van der Waals surface area contributed by atoms with E-state index in [4.69, 9.17) is 4.74 Å². The lowest BCUT2D eigenvalue weighted by Crippen LogP contribution is -2.40. The first-order valence-corrected chi connectivity index (χ1v) is 7.19. The predicted molar refractivity (Wildman–Crippen MR) is 81.3 cm³/mol. The van der Waals surface area contributed by atoms with E-state index >= 15 is 0 Å². The Bertz CT molecular complexity index is 597. The van der Waals surface area contributed by atoms with Crippen LogP contribution in [-0.4, -0.2) is 23.5 Å². The zero-order valence-electron chi connectivity index (χ0n) is 12.1. The van der Waals surface area contributed by atoms with Crippen LogP contribution in [0.3, 0.4) is 0 Å². The number of aromatic nitrogens is 1. The molecule has 1 aromatic heterocycles. The van der Waals surface area contributed by atoms with Gasteiger partial charge in [-0.3, -0.25) is 4.79 Å². The van der Waals surface area contributed by atoms with Crippen LogP contribution < -0.4 is 10.1 Å². The third kappa shape index (κ3) is 3.57. The van der Waals surface area contributed by atoms with Gasteiger partial charge in [0.15, 0.2) is 0 Å². The fourth-order valence-corrected chi connectivity index (χ4v) is 2.46. The van der Waals surface area contributed by atoms with Crippen LogP contribution in [0, 0.1) is 0 Å². The molecule has 0 spiro atoms. The molecule has 5 heteroatoms. The van der Waals surface area contributed by atoms with E-state index in [1.54, 1.807) is 12.5 Å². The summed E-state index contributed by atoms with van der Waals surface area (Å²) in [6, 6.07) is 7.63. The van der Waals surface area contributed by atoms with Crippen LogP contribution in [0.1, 0.15) is 31.3 Å². The average molecular weight is 290 g/mol. The Kier molecular flexibility index (Phi) is 4.09. The minimum atomic E-state index is -0.263. The molecule has 106 valence electrons. The lowest BCUT2D eigenvalue weighted by atomic mass is 10.1. The molecule has 1 heterocycles. The molecule has 0 unspecified atom stereocenters. The van der Waals surface area contributed by atoms with Crippen molar-refractivity contribution in [2.75, 3.05) is 7.11 Å². The fourth-order valence-electron chi connectivity index (χ4n) is 1.65. The molecule has 0 aliphatic heterocycles. The largest absolute Gasteiger partial charge is 0.497 e. The van der Waals surface area contributed by atoms with E-state index in [0.29, 0.717) is 5.69 Å². The van der Waals surface area contributed by atoms with E-state index < -0.39 is 0 Å². The van der Waals surface area contributed by atoms with Crippen LogP contribution in [0.25, 0.3) is 10.6 Å². The molecule has 1 N–H and O–H groups in total.